The number of benzene rings is 1. The maximum absolute atomic E-state index is 5.86. The highest BCUT2D eigenvalue weighted by molar-refractivity contribution is 5.66. The number of methoxy groups -OCH3 is 2. The van der Waals surface area contributed by atoms with E-state index in [1.54, 1.807) is 20.3 Å². The first-order valence-corrected chi connectivity index (χ1v) is 6.41. The number of rotatable bonds is 4. The van der Waals surface area contributed by atoms with E-state index in [1.165, 1.54) is 0 Å². The van der Waals surface area contributed by atoms with Gasteiger partial charge in [-0.05, 0) is 12.1 Å². The Kier molecular flexibility index (Phi) is 4.08. The SMILES string of the molecule is COc1cc(OC)cc(-c2cc(N)nc(C(C)C)n2)c1. The summed E-state index contributed by atoms with van der Waals surface area (Å²) in [7, 11) is 3.23. The zero-order valence-electron chi connectivity index (χ0n) is 12.2. The molecular formula is C15H19N3O2. The van der Waals surface area contributed by atoms with E-state index in [0.29, 0.717) is 17.3 Å². The van der Waals surface area contributed by atoms with Gasteiger partial charge in [0, 0.05) is 23.6 Å². The van der Waals surface area contributed by atoms with Gasteiger partial charge in [0.2, 0.25) is 0 Å². The lowest BCUT2D eigenvalue weighted by Crippen LogP contribution is -2.03. The number of hydrogen-bond acceptors (Lipinski definition) is 5. The van der Waals surface area contributed by atoms with E-state index < -0.39 is 0 Å². The Hall–Kier alpha value is -2.30. The standard InChI is InChI=1S/C15H19N3O2/c1-9(2)15-17-13(8-14(16)18-15)10-5-11(19-3)7-12(6-10)20-4/h5-9H,1-4H3,(H2,16,17,18). The van der Waals surface area contributed by atoms with Crippen LogP contribution in [0.15, 0.2) is 24.3 Å². The molecule has 0 amide bonds. The van der Waals surface area contributed by atoms with E-state index in [1.807, 2.05) is 32.0 Å². The van der Waals surface area contributed by atoms with Crippen LogP contribution in [-0.4, -0.2) is 24.2 Å². The molecule has 106 valence electrons. The van der Waals surface area contributed by atoms with Crippen LogP contribution in [0.3, 0.4) is 0 Å². The maximum atomic E-state index is 5.86. The van der Waals surface area contributed by atoms with E-state index in [9.17, 15) is 0 Å². The third-order valence-electron chi connectivity index (χ3n) is 2.93. The molecule has 0 aliphatic carbocycles. The molecule has 1 aromatic heterocycles. The molecule has 2 aromatic rings. The smallest absolute Gasteiger partial charge is 0.133 e. The van der Waals surface area contributed by atoms with Gasteiger partial charge in [0.1, 0.15) is 23.1 Å². The first kappa shape index (κ1) is 14.1. The number of nitrogen functional groups attached to an aromatic ring is 1. The fraction of sp³-hybridized carbons (Fsp3) is 0.333. The molecule has 0 aliphatic heterocycles. The third-order valence-corrected chi connectivity index (χ3v) is 2.93. The maximum Gasteiger partial charge on any atom is 0.133 e. The van der Waals surface area contributed by atoms with Gasteiger partial charge in [-0.2, -0.15) is 0 Å². The summed E-state index contributed by atoms with van der Waals surface area (Å²) in [5, 5.41) is 0. The lowest BCUT2D eigenvalue weighted by atomic mass is 10.1. The second kappa shape index (κ2) is 5.77. The van der Waals surface area contributed by atoms with Gasteiger partial charge in [-0.1, -0.05) is 13.8 Å². The van der Waals surface area contributed by atoms with Crippen molar-refractivity contribution in [1.29, 1.82) is 0 Å². The van der Waals surface area contributed by atoms with Crippen molar-refractivity contribution in [3.8, 4) is 22.8 Å². The fourth-order valence-electron chi connectivity index (χ4n) is 1.85. The molecule has 20 heavy (non-hydrogen) atoms. The van der Waals surface area contributed by atoms with Gasteiger partial charge < -0.3 is 15.2 Å². The molecule has 1 heterocycles. The number of anilines is 1. The molecule has 1 aromatic carbocycles. The van der Waals surface area contributed by atoms with Crippen LogP contribution in [0.25, 0.3) is 11.3 Å². The summed E-state index contributed by atoms with van der Waals surface area (Å²) in [6, 6.07) is 7.36. The number of aromatic nitrogens is 2. The van der Waals surface area contributed by atoms with Gasteiger partial charge in [0.05, 0.1) is 19.9 Å². The number of hydrogen-bond donors (Lipinski definition) is 1. The van der Waals surface area contributed by atoms with Crippen molar-refractivity contribution in [1.82, 2.24) is 9.97 Å². The van der Waals surface area contributed by atoms with Gasteiger partial charge in [0.25, 0.3) is 0 Å². The molecule has 0 spiro atoms. The van der Waals surface area contributed by atoms with Crippen molar-refractivity contribution in [3.63, 3.8) is 0 Å². The first-order valence-electron chi connectivity index (χ1n) is 6.41. The average molecular weight is 273 g/mol. The monoisotopic (exact) mass is 273 g/mol. The molecule has 0 aliphatic rings. The van der Waals surface area contributed by atoms with Gasteiger partial charge in [0.15, 0.2) is 0 Å². The van der Waals surface area contributed by atoms with Gasteiger partial charge >= 0.3 is 0 Å². The Morgan fingerprint density at radius 1 is 0.950 bits per heavy atom. The first-order chi connectivity index (χ1) is 9.53. The normalized spacial score (nSPS) is 10.7. The van der Waals surface area contributed by atoms with E-state index in [-0.39, 0.29) is 5.92 Å². The minimum atomic E-state index is 0.213. The number of ether oxygens (including phenoxy) is 2. The van der Waals surface area contributed by atoms with E-state index in [2.05, 4.69) is 9.97 Å². The Morgan fingerprint density at radius 2 is 1.55 bits per heavy atom. The van der Waals surface area contributed by atoms with Crippen LogP contribution >= 0.6 is 0 Å². The van der Waals surface area contributed by atoms with Crippen molar-refractivity contribution in [2.75, 3.05) is 20.0 Å². The molecule has 2 rings (SSSR count). The summed E-state index contributed by atoms with van der Waals surface area (Å²) >= 11 is 0. The van der Waals surface area contributed by atoms with Crippen molar-refractivity contribution < 1.29 is 9.47 Å². The van der Waals surface area contributed by atoms with Gasteiger partial charge in [-0.15, -0.1) is 0 Å². The van der Waals surface area contributed by atoms with E-state index in [4.69, 9.17) is 15.2 Å². The Bertz CT molecular complexity index is 590. The summed E-state index contributed by atoms with van der Waals surface area (Å²) in [4.78, 5) is 8.80. The van der Waals surface area contributed by atoms with Crippen molar-refractivity contribution >= 4 is 5.82 Å². The van der Waals surface area contributed by atoms with E-state index >= 15 is 0 Å². The zero-order valence-corrected chi connectivity index (χ0v) is 12.2. The van der Waals surface area contributed by atoms with E-state index in [0.717, 1.165) is 17.1 Å². The summed E-state index contributed by atoms with van der Waals surface area (Å²) in [6.07, 6.45) is 0. The summed E-state index contributed by atoms with van der Waals surface area (Å²) in [5.41, 5.74) is 7.51. The number of nitrogens with zero attached hydrogens (tertiary/aromatic N) is 2. The van der Waals surface area contributed by atoms with Crippen LogP contribution in [0.5, 0.6) is 11.5 Å². The highest BCUT2D eigenvalue weighted by atomic mass is 16.5. The van der Waals surface area contributed by atoms with Crippen LogP contribution < -0.4 is 15.2 Å². The Morgan fingerprint density at radius 3 is 2.05 bits per heavy atom. The third kappa shape index (κ3) is 2.99. The minimum Gasteiger partial charge on any atom is -0.497 e. The molecule has 0 bridgehead atoms. The van der Waals surface area contributed by atoms with Crippen molar-refractivity contribution in [2.24, 2.45) is 0 Å². The van der Waals surface area contributed by atoms with Gasteiger partial charge in [-0.25, -0.2) is 9.97 Å². The summed E-state index contributed by atoms with van der Waals surface area (Å²) < 4.78 is 10.5. The second-order valence-electron chi connectivity index (χ2n) is 4.79. The highest BCUT2D eigenvalue weighted by Gasteiger charge is 2.10. The topological polar surface area (TPSA) is 70.3 Å². The molecule has 0 saturated carbocycles. The quantitative estimate of drug-likeness (QED) is 0.927. The minimum absolute atomic E-state index is 0.213. The summed E-state index contributed by atoms with van der Waals surface area (Å²) in [5.74, 6) is 2.82. The molecule has 0 saturated heterocycles. The van der Waals surface area contributed by atoms with Gasteiger partial charge in [-0.3, -0.25) is 0 Å². The molecular weight excluding hydrogens is 254 g/mol. The Labute approximate surface area is 118 Å². The lowest BCUT2D eigenvalue weighted by molar-refractivity contribution is 0.394. The molecule has 0 unspecified atom stereocenters. The summed E-state index contributed by atoms with van der Waals surface area (Å²) in [6.45, 7) is 4.06. The van der Waals surface area contributed by atoms with Crippen LogP contribution in [0.1, 0.15) is 25.6 Å². The lowest BCUT2D eigenvalue weighted by Gasteiger charge is -2.11. The predicted molar refractivity (Wildman–Crippen MR) is 79.1 cm³/mol. The van der Waals surface area contributed by atoms with Crippen LogP contribution in [0.2, 0.25) is 0 Å². The molecule has 0 radical (unpaired) electrons. The van der Waals surface area contributed by atoms with Crippen LogP contribution in [0.4, 0.5) is 5.82 Å². The largest absolute Gasteiger partial charge is 0.497 e. The molecule has 5 heteroatoms. The van der Waals surface area contributed by atoms with Crippen LogP contribution in [-0.2, 0) is 0 Å². The average Bonchev–Trinajstić information content (AvgIpc) is 2.45. The predicted octanol–water partition coefficient (Wildman–Crippen LogP) is 2.87. The Balaban J connectivity index is 2.55. The van der Waals surface area contributed by atoms with Crippen LogP contribution in [0, 0.1) is 0 Å². The highest BCUT2D eigenvalue weighted by Crippen LogP contribution is 2.29. The number of nitrogens with two attached hydrogens (primary N) is 1. The zero-order chi connectivity index (χ0) is 14.7. The second-order valence-corrected chi connectivity index (χ2v) is 4.79. The van der Waals surface area contributed by atoms with Crippen molar-refractivity contribution in [3.05, 3.63) is 30.1 Å². The molecule has 0 atom stereocenters. The molecule has 5 nitrogen and oxygen atoms in total. The molecule has 0 fully saturated rings. The molecule has 2 N–H and O–H groups in total. The van der Waals surface area contributed by atoms with Crippen molar-refractivity contribution in [2.45, 2.75) is 19.8 Å². The fourth-order valence-corrected chi connectivity index (χ4v) is 1.85.